The van der Waals surface area contributed by atoms with Crippen LogP contribution in [0, 0.1) is 11.3 Å². The molecular weight excluding hydrogens is 598 g/mol. The van der Waals surface area contributed by atoms with E-state index in [1.807, 2.05) is 0 Å². The van der Waals surface area contributed by atoms with Gasteiger partial charge in [0.25, 0.3) is 0 Å². The summed E-state index contributed by atoms with van der Waals surface area (Å²) in [4.78, 5) is 50.3. The maximum Gasteiger partial charge on any atom is 0.321 e. The molecule has 12 heteroatoms. The van der Waals surface area contributed by atoms with E-state index in [1.165, 1.54) is 17.3 Å². The minimum absolute atomic E-state index is 0.0324. The minimum Gasteiger partial charge on any atom is -0.379 e. The van der Waals surface area contributed by atoms with Crippen molar-refractivity contribution in [3.8, 4) is 0 Å². The Labute approximate surface area is 269 Å². The fraction of sp³-hybridized carbons (Fsp3) is 0.636. The third-order valence-corrected chi connectivity index (χ3v) is 9.69. The lowest BCUT2D eigenvalue weighted by molar-refractivity contribution is -0.133. The summed E-state index contributed by atoms with van der Waals surface area (Å²) < 4.78 is 23.4. The zero-order chi connectivity index (χ0) is 33.0. The number of ketones is 1. The van der Waals surface area contributed by atoms with Crippen molar-refractivity contribution in [2.45, 2.75) is 95.2 Å². The van der Waals surface area contributed by atoms with Crippen LogP contribution in [0.25, 0.3) is 0 Å². The Morgan fingerprint density at radius 3 is 2.38 bits per heavy atom. The molecule has 1 aromatic rings. The number of urea groups is 1. The lowest BCUT2D eigenvalue weighted by atomic mass is 9.67. The number of allylic oxidation sites excluding steroid dienone is 1. The van der Waals surface area contributed by atoms with Gasteiger partial charge < -0.3 is 29.6 Å². The van der Waals surface area contributed by atoms with Crippen LogP contribution in [0.3, 0.4) is 0 Å². The minimum atomic E-state index is -0.563. The van der Waals surface area contributed by atoms with Crippen LogP contribution in [0.15, 0.2) is 40.8 Å². The Balaban J connectivity index is 1.21. The van der Waals surface area contributed by atoms with Crippen LogP contribution in [0.5, 0.6) is 0 Å². The van der Waals surface area contributed by atoms with E-state index in [0.29, 0.717) is 18.7 Å². The summed E-state index contributed by atoms with van der Waals surface area (Å²) in [5.74, 6) is -0.897. The van der Waals surface area contributed by atoms with Gasteiger partial charge in [0.2, 0.25) is 11.8 Å². The van der Waals surface area contributed by atoms with Gasteiger partial charge in [-0.05, 0) is 64.3 Å². The van der Waals surface area contributed by atoms with Crippen molar-refractivity contribution in [2.75, 3.05) is 38.0 Å². The van der Waals surface area contributed by atoms with Crippen molar-refractivity contribution in [1.29, 1.82) is 0 Å². The number of thioether (sulfide) groups is 1. The Hall–Kier alpha value is -2.77. The van der Waals surface area contributed by atoms with Gasteiger partial charge in [0.15, 0.2) is 5.78 Å². The zero-order valence-electron chi connectivity index (χ0n) is 27.3. The summed E-state index contributed by atoms with van der Waals surface area (Å²) in [6, 6.07) is 6.09. The summed E-state index contributed by atoms with van der Waals surface area (Å²) in [5.41, 5.74) is 0.571. The van der Waals surface area contributed by atoms with Gasteiger partial charge in [-0.3, -0.25) is 19.7 Å². The first-order valence-corrected chi connectivity index (χ1v) is 16.4. The normalized spacial score (nSPS) is 28.6. The van der Waals surface area contributed by atoms with E-state index in [2.05, 4.69) is 42.8 Å². The molecule has 3 fully saturated rings. The summed E-state index contributed by atoms with van der Waals surface area (Å²) in [6.07, 6.45) is 4.19. The van der Waals surface area contributed by atoms with Crippen LogP contribution in [0.4, 0.5) is 10.5 Å². The first-order chi connectivity index (χ1) is 21.2. The average Bonchev–Trinajstić information content (AvgIpc) is 3.88. The molecule has 3 N–H and O–H groups in total. The summed E-state index contributed by atoms with van der Waals surface area (Å²) in [5, 5.41) is 8.11. The number of anilines is 1. The van der Waals surface area contributed by atoms with E-state index in [1.54, 1.807) is 52.1 Å². The van der Waals surface area contributed by atoms with E-state index in [4.69, 9.17) is 18.9 Å². The predicted molar refractivity (Wildman–Crippen MR) is 171 cm³/mol. The van der Waals surface area contributed by atoms with Gasteiger partial charge in [-0.25, -0.2) is 4.79 Å². The Kier molecular flexibility index (Phi) is 11.2. The zero-order valence-corrected chi connectivity index (χ0v) is 28.1. The van der Waals surface area contributed by atoms with Crippen molar-refractivity contribution < 1.29 is 38.1 Å². The Bertz CT molecular complexity index is 1290. The number of nitrogens with one attached hydrogen (secondary N) is 3. The molecule has 0 aromatic heterocycles. The van der Waals surface area contributed by atoms with E-state index >= 15 is 0 Å². The molecule has 2 heterocycles. The number of methoxy groups -OCH3 is 1. The quantitative estimate of drug-likeness (QED) is 0.163. The van der Waals surface area contributed by atoms with Gasteiger partial charge in [-0.15, -0.1) is 11.8 Å². The smallest absolute Gasteiger partial charge is 0.321 e. The average molecular weight is 646 g/mol. The summed E-state index contributed by atoms with van der Waals surface area (Å²) >= 11 is 1.27. The third kappa shape index (κ3) is 9.16. The van der Waals surface area contributed by atoms with Gasteiger partial charge in [-0.2, -0.15) is 0 Å². The lowest BCUT2D eigenvalue weighted by Gasteiger charge is -2.43. The van der Waals surface area contributed by atoms with Crippen LogP contribution < -0.4 is 16.0 Å². The molecule has 6 atom stereocenters. The number of benzene rings is 1. The van der Waals surface area contributed by atoms with E-state index in [0.717, 1.165) is 17.7 Å². The van der Waals surface area contributed by atoms with Gasteiger partial charge >= 0.3 is 6.03 Å². The fourth-order valence-corrected chi connectivity index (χ4v) is 6.64. The molecule has 0 bridgehead atoms. The number of rotatable bonds is 13. The maximum absolute atomic E-state index is 12.8. The number of hydrogen-bond donors (Lipinski definition) is 3. The van der Waals surface area contributed by atoms with Crippen molar-refractivity contribution in [3.05, 3.63) is 35.9 Å². The number of ether oxygens (including phenoxy) is 4. The van der Waals surface area contributed by atoms with Crippen molar-refractivity contribution in [2.24, 2.45) is 11.3 Å². The molecule has 1 unspecified atom stereocenters. The van der Waals surface area contributed by atoms with Gasteiger partial charge in [0.1, 0.15) is 18.8 Å². The Morgan fingerprint density at radius 1 is 1.09 bits per heavy atom. The fourth-order valence-electron chi connectivity index (χ4n) is 5.94. The molecule has 3 aliphatic rings. The first kappa shape index (κ1) is 35.1. The number of carbonyl (C=O) groups is 4. The SMILES string of the molecule is CO[C@H]1[C@H](C2(C)O[C@@H]2CC=C(C)C)[C@]2(CC[C@H]1NC(=O)NC(=O)CSc1ccc(NC(=O)COCC(=O)C(C)(C)C)cc1)CO2. The molecule has 2 aliphatic heterocycles. The van der Waals surface area contributed by atoms with Crippen LogP contribution in [0.1, 0.15) is 60.8 Å². The molecule has 0 radical (unpaired) electrons. The topological polar surface area (TPSA) is 148 Å². The molecule has 4 rings (SSSR count). The monoisotopic (exact) mass is 645 g/mol. The van der Waals surface area contributed by atoms with Crippen molar-refractivity contribution in [3.63, 3.8) is 0 Å². The van der Waals surface area contributed by atoms with Gasteiger partial charge in [0, 0.05) is 29.0 Å². The van der Waals surface area contributed by atoms with E-state index < -0.39 is 23.0 Å². The molecule has 1 aliphatic carbocycles. The maximum atomic E-state index is 12.8. The van der Waals surface area contributed by atoms with Crippen LogP contribution in [0.2, 0.25) is 0 Å². The molecule has 4 amide bonds. The van der Waals surface area contributed by atoms with E-state index in [-0.39, 0.29) is 60.4 Å². The highest BCUT2D eigenvalue weighted by Gasteiger charge is 2.71. The number of Topliss-reactive ketones (excluding diaryl/α,β-unsaturated/α-hetero) is 1. The van der Waals surface area contributed by atoms with E-state index in [9.17, 15) is 19.2 Å². The standard InChI is InChI=1S/C33H47N3O8S/c1-20(2)8-13-25-32(6,44-25)29-28(41-7)23(14-15-33(29)19-43-33)35-30(40)36-27(39)18-45-22-11-9-21(10-12-22)34-26(38)17-42-16-24(37)31(3,4)5/h8-12,23,25,28-29H,13-19H2,1-7H3,(H,34,38)(H2,35,36,39,40)/t23-,25-,28-,29-,32?,33+/m1/s1. The largest absolute Gasteiger partial charge is 0.379 e. The second kappa shape index (κ2) is 14.3. The highest BCUT2D eigenvalue weighted by molar-refractivity contribution is 8.00. The molecule has 2 saturated heterocycles. The molecular formula is C33H47N3O8S. The number of imide groups is 1. The van der Waals surface area contributed by atoms with Crippen LogP contribution >= 0.6 is 11.8 Å². The number of epoxide rings is 2. The number of amides is 4. The van der Waals surface area contributed by atoms with Gasteiger partial charge in [-0.1, -0.05) is 32.4 Å². The summed E-state index contributed by atoms with van der Waals surface area (Å²) in [6.45, 7) is 11.9. The molecule has 248 valence electrons. The number of carbonyl (C=O) groups excluding carboxylic acids is 4. The summed E-state index contributed by atoms with van der Waals surface area (Å²) in [7, 11) is 1.64. The van der Waals surface area contributed by atoms with Gasteiger partial charge in [0.05, 0.1) is 36.2 Å². The van der Waals surface area contributed by atoms with Crippen molar-refractivity contribution in [1.82, 2.24) is 10.6 Å². The highest BCUT2D eigenvalue weighted by Crippen LogP contribution is 2.59. The number of hydrogen-bond acceptors (Lipinski definition) is 9. The molecule has 1 aromatic carbocycles. The second-order valence-electron chi connectivity index (χ2n) is 13.5. The van der Waals surface area contributed by atoms with Crippen molar-refractivity contribution >= 4 is 41.1 Å². The first-order valence-electron chi connectivity index (χ1n) is 15.4. The third-order valence-electron chi connectivity index (χ3n) is 8.67. The predicted octanol–water partition coefficient (Wildman–Crippen LogP) is 4.25. The molecule has 1 spiro atoms. The van der Waals surface area contributed by atoms with Crippen LogP contribution in [-0.4, -0.2) is 85.8 Å². The highest BCUT2D eigenvalue weighted by atomic mass is 32.2. The molecule has 11 nitrogen and oxygen atoms in total. The lowest BCUT2D eigenvalue weighted by Crippen LogP contribution is -2.60. The molecule has 45 heavy (non-hydrogen) atoms. The van der Waals surface area contributed by atoms with Crippen LogP contribution in [-0.2, 0) is 33.3 Å². The molecule has 1 saturated carbocycles. The Morgan fingerprint density at radius 2 is 1.78 bits per heavy atom. The second-order valence-corrected chi connectivity index (χ2v) is 14.6.